The molecule has 0 atom stereocenters. The number of rotatable bonds is 16. The van der Waals surface area contributed by atoms with Crippen LogP contribution in [0.5, 0.6) is 0 Å². The lowest BCUT2D eigenvalue weighted by Crippen LogP contribution is -2.20. The van der Waals surface area contributed by atoms with Gasteiger partial charge in [-0.2, -0.15) is 10.2 Å². The standard InChI is InChI=1S/C19H36N4O2/c1-3-5-7-9-11-16-20-22-18(24)14-13-15-19(25)23-21-17-12-10-8-6-4-2/h16-17H,3-15H2,1-2H3,(H,22,24)(H,23,25)/b20-16+,21-17+. The molecule has 6 nitrogen and oxygen atoms in total. The van der Waals surface area contributed by atoms with Crippen molar-refractivity contribution >= 4 is 24.2 Å². The Bertz CT molecular complexity index is 359. The number of unbranched alkanes of at least 4 members (excludes halogenated alkanes) is 8. The Kier molecular flexibility index (Phi) is 17.3. The maximum atomic E-state index is 11.6. The number of carbonyl (C=O) groups excluding carboxylic acids is 2. The molecule has 0 aromatic carbocycles. The summed E-state index contributed by atoms with van der Waals surface area (Å²) in [6.45, 7) is 4.35. The van der Waals surface area contributed by atoms with E-state index in [1.165, 1.54) is 38.5 Å². The average molecular weight is 353 g/mol. The van der Waals surface area contributed by atoms with E-state index in [0.717, 1.165) is 25.7 Å². The molecule has 0 saturated heterocycles. The van der Waals surface area contributed by atoms with Crippen LogP contribution >= 0.6 is 0 Å². The van der Waals surface area contributed by atoms with Crippen molar-refractivity contribution in [2.75, 3.05) is 0 Å². The topological polar surface area (TPSA) is 82.9 Å². The monoisotopic (exact) mass is 352 g/mol. The van der Waals surface area contributed by atoms with E-state index in [1.54, 1.807) is 12.4 Å². The first-order chi connectivity index (χ1) is 12.2. The van der Waals surface area contributed by atoms with Gasteiger partial charge in [-0.05, 0) is 32.1 Å². The van der Waals surface area contributed by atoms with Crippen molar-refractivity contribution in [1.29, 1.82) is 0 Å². The molecule has 0 aliphatic heterocycles. The largest absolute Gasteiger partial charge is 0.273 e. The summed E-state index contributed by atoms with van der Waals surface area (Å²) in [6.07, 6.45) is 15.9. The second kappa shape index (κ2) is 18.6. The van der Waals surface area contributed by atoms with Gasteiger partial charge >= 0.3 is 0 Å². The van der Waals surface area contributed by atoms with Crippen molar-refractivity contribution in [3.8, 4) is 0 Å². The zero-order valence-corrected chi connectivity index (χ0v) is 16.1. The summed E-state index contributed by atoms with van der Waals surface area (Å²) in [5.74, 6) is -0.311. The van der Waals surface area contributed by atoms with E-state index in [1.807, 2.05) is 0 Å². The number of nitrogens with one attached hydrogen (secondary N) is 2. The fourth-order valence-electron chi connectivity index (χ4n) is 2.21. The van der Waals surface area contributed by atoms with Gasteiger partial charge in [-0.25, -0.2) is 10.9 Å². The van der Waals surface area contributed by atoms with E-state index in [-0.39, 0.29) is 11.8 Å². The lowest BCUT2D eigenvalue weighted by Gasteiger charge is -2.00. The van der Waals surface area contributed by atoms with Crippen molar-refractivity contribution in [2.24, 2.45) is 10.2 Å². The van der Waals surface area contributed by atoms with Crippen LogP contribution < -0.4 is 10.9 Å². The Morgan fingerprint density at radius 3 is 1.52 bits per heavy atom. The summed E-state index contributed by atoms with van der Waals surface area (Å²) in [5, 5.41) is 7.82. The van der Waals surface area contributed by atoms with Crippen LogP contribution in [0.15, 0.2) is 10.2 Å². The number of amides is 2. The van der Waals surface area contributed by atoms with Gasteiger partial charge in [-0.3, -0.25) is 9.59 Å². The fraction of sp³-hybridized carbons (Fsp3) is 0.789. The second-order valence-electron chi connectivity index (χ2n) is 6.25. The molecule has 0 radical (unpaired) electrons. The van der Waals surface area contributed by atoms with Crippen LogP contribution in [0.25, 0.3) is 0 Å². The van der Waals surface area contributed by atoms with Gasteiger partial charge in [0.2, 0.25) is 11.8 Å². The summed E-state index contributed by atoms with van der Waals surface area (Å²) >= 11 is 0. The molecule has 2 amide bonds. The zero-order valence-electron chi connectivity index (χ0n) is 16.1. The molecule has 0 rings (SSSR count). The Hall–Kier alpha value is -1.72. The molecule has 6 heteroatoms. The Labute approximate surface area is 152 Å². The van der Waals surface area contributed by atoms with Gasteiger partial charge in [0, 0.05) is 25.3 Å². The highest BCUT2D eigenvalue weighted by Gasteiger charge is 2.03. The van der Waals surface area contributed by atoms with Crippen LogP contribution in [0, 0.1) is 0 Å². The molecular weight excluding hydrogens is 316 g/mol. The molecule has 0 fully saturated rings. The molecule has 0 heterocycles. The fourth-order valence-corrected chi connectivity index (χ4v) is 2.21. The maximum Gasteiger partial charge on any atom is 0.240 e. The highest BCUT2D eigenvalue weighted by Crippen LogP contribution is 2.01. The zero-order chi connectivity index (χ0) is 18.6. The predicted octanol–water partition coefficient (Wildman–Crippen LogP) is 4.30. The number of hydrogen-bond acceptors (Lipinski definition) is 4. The lowest BCUT2D eigenvalue weighted by atomic mass is 10.2. The minimum Gasteiger partial charge on any atom is -0.273 e. The third-order valence-corrected chi connectivity index (χ3v) is 3.74. The van der Waals surface area contributed by atoms with Crippen LogP contribution in [0.2, 0.25) is 0 Å². The Morgan fingerprint density at radius 2 is 1.12 bits per heavy atom. The summed E-state index contributed by atoms with van der Waals surface area (Å²) in [6, 6.07) is 0. The van der Waals surface area contributed by atoms with E-state index in [2.05, 4.69) is 34.9 Å². The molecule has 0 aromatic heterocycles. The van der Waals surface area contributed by atoms with E-state index < -0.39 is 0 Å². The Morgan fingerprint density at radius 1 is 0.680 bits per heavy atom. The van der Waals surface area contributed by atoms with Gasteiger partial charge in [-0.15, -0.1) is 0 Å². The van der Waals surface area contributed by atoms with E-state index in [0.29, 0.717) is 19.3 Å². The maximum absolute atomic E-state index is 11.6. The van der Waals surface area contributed by atoms with Crippen molar-refractivity contribution in [3.63, 3.8) is 0 Å². The second-order valence-corrected chi connectivity index (χ2v) is 6.25. The first-order valence-electron chi connectivity index (χ1n) is 9.81. The summed E-state index contributed by atoms with van der Waals surface area (Å²) in [7, 11) is 0. The minimum absolute atomic E-state index is 0.156. The van der Waals surface area contributed by atoms with Crippen molar-refractivity contribution in [3.05, 3.63) is 0 Å². The van der Waals surface area contributed by atoms with Crippen molar-refractivity contribution in [2.45, 2.75) is 97.3 Å². The first kappa shape index (κ1) is 23.3. The van der Waals surface area contributed by atoms with Crippen LogP contribution in [0.1, 0.15) is 97.3 Å². The molecule has 2 N–H and O–H groups in total. The van der Waals surface area contributed by atoms with E-state index >= 15 is 0 Å². The minimum atomic E-state index is -0.156. The average Bonchev–Trinajstić information content (AvgIpc) is 2.60. The number of carbonyl (C=O) groups is 2. The van der Waals surface area contributed by atoms with Crippen molar-refractivity contribution in [1.82, 2.24) is 10.9 Å². The van der Waals surface area contributed by atoms with Gasteiger partial charge in [0.25, 0.3) is 0 Å². The normalized spacial score (nSPS) is 11.3. The number of nitrogens with zero attached hydrogens (tertiary/aromatic N) is 2. The van der Waals surface area contributed by atoms with Gasteiger partial charge in [0.15, 0.2) is 0 Å². The molecule has 0 saturated carbocycles. The molecule has 25 heavy (non-hydrogen) atoms. The van der Waals surface area contributed by atoms with Crippen LogP contribution in [0.4, 0.5) is 0 Å². The summed E-state index contributed by atoms with van der Waals surface area (Å²) in [5.41, 5.74) is 4.99. The first-order valence-corrected chi connectivity index (χ1v) is 9.81. The highest BCUT2D eigenvalue weighted by molar-refractivity contribution is 5.79. The van der Waals surface area contributed by atoms with Crippen LogP contribution in [-0.2, 0) is 9.59 Å². The van der Waals surface area contributed by atoms with Crippen LogP contribution in [0.3, 0.4) is 0 Å². The molecule has 0 spiro atoms. The number of hydrogen-bond donors (Lipinski definition) is 2. The molecule has 0 aliphatic carbocycles. The van der Waals surface area contributed by atoms with E-state index in [4.69, 9.17) is 0 Å². The van der Waals surface area contributed by atoms with Gasteiger partial charge in [0.1, 0.15) is 0 Å². The van der Waals surface area contributed by atoms with Gasteiger partial charge < -0.3 is 0 Å². The molecule has 0 aliphatic rings. The smallest absolute Gasteiger partial charge is 0.240 e. The van der Waals surface area contributed by atoms with Crippen LogP contribution in [-0.4, -0.2) is 24.2 Å². The van der Waals surface area contributed by atoms with Gasteiger partial charge in [0.05, 0.1) is 0 Å². The summed E-state index contributed by atoms with van der Waals surface area (Å²) < 4.78 is 0. The highest BCUT2D eigenvalue weighted by atomic mass is 16.2. The van der Waals surface area contributed by atoms with Gasteiger partial charge in [-0.1, -0.05) is 52.4 Å². The lowest BCUT2D eigenvalue weighted by molar-refractivity contribution is -0.122. The molecular formula is C19H36N4O2. The quantitative estimate of drug-likeness (QED) is 0.247. The predicted molar refractivity (Wildman–Crippen MR) is 105 cm³/mol. The third-order valence-electron chi connectivity index (χ3n) is 3.74. The Balaban J connectivity index is 3.52. The molecule has 0 bridgehead atoms. The molecule has 0 aromatic rings. The third kappa shape index (κ3) is 18.5. The molecule has 0 unspecified atom stereocenters. The van der Waals surface area contributed by atoms with E-state index in [9.17, 15) is 9.59 Å². The molecule has 144 valence electrons. The number of hydrazone groups is 2. The van der Waals surface area contributed by atoms with Crippen molar-refractivity contribution < 1.29 is 9.59 Å². The SMILES string of the molecule is CCCCCC/C=N/NC(=O)CCCC(=O)N/N=C/CCCCCC. The summed E-state index contributed by atoms with van der Waals surface area (Å²) in [4.78, 5) is 23.1.